The maximum Gasteiger partial charge on any atom is 0.123 e. The van der Waals surface area contributed by atoms with Crippen molar-refractivity contribution in [2.24, 2.45) is 5.92 Å². The van der Waals surface area contributed by atoms with E-state index >= 15 is 0 Å². The van der Waals surface area contributed by atoms with Crippen molar-refractivity contribution in [1.29, 1.82) is 0 Å². The molecule has 4 atom stereocenters. The van der Waals surface area contributed by atoms with E-state index in [4.69, 9.17) is 9.47 Å². The predicted molar refractivity (Wildman–Crippen MR) is 103 cm³/mol. The van der Waals surface area contributed by atoms with Gasteiger partial charge < -0.3 is 14.6 Å². The Morgan fingerprint density at radius 1 is 1.04 bits per heavy atom. The van der Waals surface area contributed by atoms with E-state index in [1.54, 1.807) is 0 Å². The van der Waals surface area contributed by atoms with Crippen LogP contribution in [0, 0.1) is 5.92 Å². The molecule has 2 heterocycles. The number of para-hydroxylation sites is 1. The van der Waals surface area contributed by atoms with Gasteiger partial charge in [0, 0.05) is 25.0 Å². The zero-order valence-corrected chi connectivity index (χ0v) is 16.1. The number of likely N-dealkylation sites (tertiary alicyclic amines) is 1. The Hall–Kier alpha value is -1.10. The number of ether oxygens (including phenoxy) is 2. The number of fused-ring (bicyclic) bond motifs is 2. The second kappa shape index (κ2) is 5.95. The molecule has 4 fully saturated rings. The molecular formula is C23H31NO3. The first-order chi connectivity index (χ1) is 13.2. The number of nitrogens with zero attached hydrogens (tertiary/aromatic N) is 1. The summed E-state index contributed by atoms with van der Waals surface area (Å²) in [5, 5.41) is 10.9. The Labute approximate surface area is 161 Å². The quantitative estimate of drug-likeness (QED) is 0.888. The van der Waals surface area contributed by atoms with Gasteiger partial charge in [-0.15, -0.1) is 0 Å². The van der Waals surface area contributed by atoms with E-state index in [2.05, 4.69) is 29.2 Å². The third-order valence-corrected chi connectivity index (χ3v) is 8.05. The van der Waals surface area contributed by atoms with Crippen LogP contribution < -0.4 is 4.74 Å². The van der Waals surface area contributed by atoms with Crippen LogP contribution in [0.25, 0.3) is 0 Å². The van der Waals surface area contributed by atoms with E-state index in [-0.39, 0.29) is 11.7 Å². The minimum atomic E-state index is -0.526. The van der Waals surface area contributed by atoms with Crippen molar-refractivity contribution >= 4 is 0 Å². The van der Waals surface area contributed by atoms with Crippen LogP contribution in [0.2, 0.25) is 0 Å². The normalized spacial score (nSPS) is 40.1. The lowest BCUT2D eigenvalue weighted by Crippen LogP contribution is -2.53. The lowest BCUT2D eigenvalue weighted by Gasteiger charge is -2.45. The van der Waals surface area contributed by atoms with Gasteiger partial charge in [-0.2, -0.15) is 0 Å². The largest absolute Gasteiger partial charge is 0.487 e. The molecule has 2 aliphatic heterocycles. The van der Waals surface area contributed by atoms with Gasteiger partial charge in [0.1, 0.15) is 17.0 Å². The zero-order chi connectivity index (χ0) is 18.1. The summed E-state index contributed by atoms with van der Waals surface area (Å²) in [7, 11) is 0. The molecular weight excluding hydrogens is 338 g/mol. The first kappa shape index (κ1) is 16.8. The van der Waals surface area contributed by atoms with E-state index in [9.17, 15) is 5.11 Å². The van der Waals surface area contributed by atoms with Crippen molar-refractivity contribution in [3.63, 3.8) is 0 Å². The summed E-state index contributed by atoms with van der Waals surface area (Å²) >= 11 is 0. The highest BCUT2D eigenvalue weighted by atomic mass is 16.5. The van der Waals surface area contributed by atoms with Gasteiger partial charge in [0.15, 0.2) is 0 Å². The van der Waals surface area contributed by atoms with Crippen molar-refractivity contribution < 1.29 is 14.6 Å². The molecule has 0 radical (unpaired) electrons. The Morgan fingerprint density at radius 3 is 2.56 bits per heavy atom. The first-order valence-corrected chi connectivity index (χ1v) is 11.1. The molecule has 5 aliphatic rings. The summed E-state index contributed by atoms with van der Waals surface area (Å²) in [5.74, 6) is 1.47. The fraction of sp³-hybridized carbons (Fsp3) is 0.739. The molecule has 0 aromatic heterocycles. The molecule has 0 bridgehead atoms. The topological polar surface area (TPSA) is 41.9 Å². The van der Waals surface area contributed by atoms with Crippen LogP contribution in [0.4, 0.5) is 0 Å². The van der Waals surface area contributed by atoms with E-state index in [1.807, 2.05) is 0 Å². The van der Waals surface area contributed by atoms with E-state index in [0.29, 0.717) is 18.1 Å². The van der Waals surface area contributed by atoms with Crippen molar-refractivity contribution in [2.45, 2.75) is 87.2 Å². The van der Waals surface area contributed by atoms with E-state index in [1.165, 1.54) is 37.7 Å². The lowest BCUT2D eigenvalue weighted by atomic mass is 9.83. The molecule has 4 nitrogen and oxygen atoms in total. The highest BCUT2D eigenvalue weighted by Crippen LogP contribution is 2.71. The minimum absolute atomic E-state index is 0.0184. The summed E-state index contributed by atoms with van der Waals surface area (Å²) in [6.45, 7) is 2.09. The maximum atomic E-state index is 10.9. The number of hydrogen-bond acceptors (Lipinski definition) is 4. The molecule has 1 spiro atoms. The summed E-state index contributed by atoms with van der Waals surface area (Å²) in [6, 6.07) is 8.84. The van der Waals surface area contributed by atoms with Crippen LogP contribution >= 0.6 is 0 Å². The van der Waals surface area contributed by atoms with Crippen molar-refractivity contribution in [3.05, 3.63) is 29.8 Å². The molecule has 1 saturated heterocycles. The Bertz CT molecular complexity index is 722. The third-order valence-electron chi connectivity index (χ3n) is 8.05. The van der Waals surface area contributed by atoms with Crippen LogP contribution in [0.1, 0.15) is 56.9 Å². The van der Waals surface area contributed by atoms with Crippen molar-refractivity contribution in [1.82, 2.24) is 4.90 Å². The summed E-state index contributed by atoms with van der Waals surface area (Å²) in [4.78, 5) is 2.51. The molecule has 146 valence electrons. The average Bonchev–Trinajstić information content (AvgIpc) is 3.53. The smallest absolute Gasteiger partial charge is 0.123 e. The number of hydrogen-bond donors (Lipinski definition) is 1. The van der Waals surface area contributed by atoms with Gasteiger partial charge >= 0.3 is 0 Å². The molecule has 0 amide bonds. The van der Waals surface area contributed by atoms with Crippen LogP contribution in [0.3, 0.4) is 0 Å². The number of rotatable bonds is 3. The van der Waals surface area contributed by atoms with Crippen LogP contribution in [-0.4, -0.2) is 52.5 Å². The minimum Gasteiger partial charge on any atom is -0.487 e. The first-order valence-electron chi connectivity index (χ1n) is 11.1. The van der Waals surface area contributed by atoms with Crippen LogP contribution in [0.5, 0.6) is 5.75 Å². The van der Waals surface area contributed by atoms with Crippen molar-refractivity contribution in [3.8, 4) is 5.75 Å². The number of piperidine rings is 1. The standard InChI is InChI=1S/C23H31NO3/c25-23-19(21(23)26-17-7-2-1-3-8-17)20(23)24-14-12-22(13-15-24)11-10-16-6-4-5-9-18(16)27-22/h4-6,9,17,19-21,25H,1-3,7-8,10-15H2/t19?,20?,21?,23-/m1/s1. The molecule has 27 heavy (non-hydrogen) atoms. The van der Waals surface area contributed by atoms with Gasteiger partial charge in [0.2, 0.25) is 0 Å². The SMILES string of the molecule is O[C@]12C(OC3CCCCC3)C1C2N1CCC2(CCc3ccccc3O2)CC1. The lowest BCUT2D eigenvalue weighted by molar-refractivity contribution is -0.0751. The van der Waals surface area contributed by atoms with Gasteiger partial charge in [-0.25, -0.2) is 0 Å². The Morgan fingerprint density at radius 2 is 1.78 bits per heavy atom. The van der Waals surface area contributed by atoms with Gasteiger partial charge in [0.25, 0.3) is 0 Å². The van der Waals surface area contributed by atoms with Gasteiger partial charge in [-0.1, -0.05) is 37.5 Å². The second-order valence-electron chi connectivity index (χ2n) is 9.60. The molecule has 3 aliphatic carbocycles. The third kappa shape index (κ3) is 2.60. The monoisotopic (exact) mass is 369 g/mol. The van der Waals surface area contributed by atoms with E-state index < -0.39 is 5.60 Å². The molecule has 3 saturated carbocycles. The molecule has 4 heteroatoms. The Balaban J connectivity index is 1.04. The zero-order valence-electron chi connectivity index (χ0n) is 16.1. The fourth-order valence-corrected chi connectivity index (χ4v) is 6.15. The van der Waals surface area contributed by atoms with Crippen LogP contribution in [0.15, 0.2) is 24.3 Å². The summed E-state index contributed by atoms with van der Waals surface area (Å²) in [6.07, 6.45) is 11.3. The highest BCUT2D eigenvalue weighted by molar-refractivity contribution is 5.42. The van der Waals surface area contributed by atoms with Gasteiger partial charge in [-0.3, -0.25) is 4.90 Å². The molecule has 3 unspecified atom stereocenters. The van der Waals surface area contributed by atoms with Crippen molar-refractivity contribution in [2.75, 3.05) is 13.1 Å². The fourth-order valence-electron chi connectivity index (χ4n) is 6.15. The molecule has 1 aromatic carbocycles. The Kier molecular flexibility index (Phi) is 3.71. The highest BCUT2D eigenvalue weighted by Gasteiger charge is 2.89. The molecule has 6 rings (SSSR count). The predicted octanol–water partition coefficient (Wildman–Crippen LogP) is 3.31. The number of aryl methyl sites for hydroxylation is 1. The molecule has 1 aromatic rings. The molecule has 1 N–H and O–H groups in total. The summed E-state index contributed by atoms with van der Waals surface area (Å²) < 4.78 is 12.7. The second-order valence-corrected chi connectivity index (χ2v) is 9.60. The number of aliphatic hydroxyl groups is 1. The average molecular weight is 370 g/mol. The van der Waals surface area contributed by atoms with Gasteiger partial charge in [-0.05, 0) is 50.2 Å². The maximum absolute atomic E-state index is 10.9. The summed E-state index contributed by atoms with van der Waals surface area (Å²) in [5.41, 5.74) is 0.845. The van der Waals surface area contributed by atoms with E-state index in [0.717, 1.165) is 44.5 Å². The number of benzene rings is 1. The van der Waals surface area contributed by atoms with Gasteiger partial charge in [0.05, 0.1) is 12.2 Å². The van der Waals surface area contributed by atoms with Crippen LogP contribution in [-0.2, 0) is 11.2 Å².